The molecule has 0 radical (unpaired) electrons. The second kappa shape index (κ2) is 6.80. The van der Waals surface area contributed by atoms with Gasteiger partial charge in [-0.1, -0.05) is 24.9 Å². The van der Waals surface area contributed by atoms with E-state index in [1.807, 2.05) is 0 Å². The van der Waals surface area contributed by atoms with E-state index in [0.717, 1.165) is 12.8 Å². The summed E-state index contributed by atoms with van der Waals surface area (Å²) in [4.78, 5) is 25.5. The predicted octanol–water partition coefficient (Wildman–Crippen LogP) is 2.51. The van der Waals surface area contributed by atoms with Crippen LogP contribution in [-0.2, 0) is 9.59 Å². The molecule has 1 aromatic carbocycles. The highest BCUT2D eigenvalue weighted by Gasteiger charge is 2.29. The molecule has 0 aliphatic carbocycles. The summed E-state index contributed by atoms with van der Waals surface area (Å²) in [5.41, 5.74) is 6.68. The van der Waals surface area contributed by atoms with Gasteiger partial charge in [0.15, 0.2) is 0 Å². The monoisotopic (exact) mass is 309 g/mol. The minimum atomic E-state index is -0.220. The maximum Gasteiger partial charge on any atom is 0.243 e. The van der Waals surface area contributed by atoms with Crippen LogP contribution in [0.3, 0.4) is 0 Å². The molecule has 0 spiro atoms. The fourth-order valence-corrected chi connectivity index (χ4v) is 2.72. The molecule has 1 aliphatic heterocycles. The van der Waals surface area contributed by atoms with E-state index in [1.165, 1.54) is 0 Å². The fourth-order valence-electron chi connectivity index (χ4n) is 2.60. The Bertz CT molecular complexity index is 548. The normalized spacial score (nSPS) is 18.1. The average molecular weight is 310 g/mol. The van der Waals surface area contributed by atoms with Crippen LogP contribution in [0.2, 0.25) is 5.02 Å². The van der Waals surface area contributed by atoms with Gasteiger partial charge in [0.25, 0.3) is 0 Å². The van der Waals surface area contributed by atoms with E-state index in [9.17, 15) is 9.59 Å². The lowest BCUT2D eigenvalue weighted by atomic mass is 10.0. The van der Waals surface area contributed by atoms with Gasteiger partial charge in [-0.15, -0.1) is 0 Å². The maximum absolute atomic E-state index is 12.0. The molecule has 3 N–H and O–H groups in total. The van der Waals surface area contributed by atoms with E-state index in [1.54, 1.807) is 23.1 Å². The van der Waals surface area contributed by atoms with E-state index in [0.29, 0.717) is 35.3 Å². The number of carbonyl (C=O) groups excluding carboxylic acids is 2. The number of halogens is 1. The molecule has 0 saturated carbocycles. The number of nitrogens with one attached hydrogen (secondary N) is 1. The van der Waals surface area contributed by atoms with Crippen molar-refractivity contribution >= 4 is 34.8 Å². The molecular weight excluding hydrogens is 290 g/mol. The summed E-state index contributed by atoms with van der Waals surface area (Å²) in [5, 5.41) is 3.18. The minimum Gasteiger partial charge on any atom is -0.397 e. The van der Waals surface area contributed by atoms with Crippen molar-refractivity contribution < 1.29 is 9.59 Å². The molecule has 1 atom stereocenters. The third-order valence-corrected chi connectivity index (χ3v) is 3.95. The number of nitrogens with zero attached hydrogens (tertiary/aromatic N) is 1. The number of hydrogen-bond donors (Lipinski definition) is 2. The molecule has 114 valence electrons. The molecule has 5 nitrogen and oxygen atoms in total. The molecule has 1 unspecified atom stereocenters. The van der Waals surface area contributed by atoms with Crippen LogP contribution in [0.1, 0.15) is 26.2 Å². The van der Waals surface area contributed by atoms with Gasteiger partial charge in [0, 0.05) is 18.7 Å². The number of nitrogens with two attached hydrogens (primary N) is 1. The van der Waals surface area contributed by atoms with Crippen molar-refractivity contribution in [2.75, 3.05) is 24.1 Å². The first-order valence-corrected chi connectivity index (χ1v) is 7.50. The van der Waals surface area contributed by atoms with E-state index >= 15 is 0 Å². The Labute approximate surface area is 129 Å². The lowest BCUT2D eigenvalue weighted by Gasteiger charge is -2.16. The SMILES string of the molecule is CCCC1CC(=O)N(CC(=O)Nc2ccc(Cl)c(N)c2)C1. The van der Waals surface area contributed by atoms with Crippen molar-refractivity contribution in [1.82, 2.24) is 4.90 Å². The van der Waals surface area contributed by atoms with Crippen molar-refractivity contribution in [1.29, 1.82) is 0 Å². The van der Waals surface area contributed by atoms with Gasteiger partial charge < -0.3 is 16.0 Å². The molecule has 0 bridgehead atoms. The van der Waals surface area contributed by atoms with Crippen LogP contribution in [0.25, 0.3) is 0 Å². The summed E-state index contributed by atoms with van der Waals surface area (Å²) in [5.74, 6) is 0.211. The first-order valence-electron chi connectivity index (χ1n) is 7.12. The van der Waals surface area contributed by atoms with Gasteiger partial charge in [-0.05, 0) is 30.5 Å². The highest BCUT2D eigenvalue weighted by atomic mass is 35.5. The van der Waals surface area contributed by atoms with E-state index in [4.69, 9.17) is 17.3 Å². The predicted molar refractivity (Wildman–Crippen MR) is 84.1 cm³/mol. The first-order chi connectivity index (χ1) is 9.99. The second-order valence-corrected chi connectivity index (χ2v) is 5.82. The van der Waals surface area contributed by atoms with Gasteiger partial charge in [-0.25, -0.2) is 0 Å². The third-order valence-electron chi connectivity index (χ3n) is 3.61. The lowest BCUT2D eigenvalue weighted by molar-refractivity contribution is -0.131. The number of carbonyl (C=O) groups is 2. The van der Waals surface area contributed by atoms with Gasteiger partial charge in [0.1, 0.15) is 0 Å². The Balaban J connectivity index is 1.90. The van der Waals surface area contributed by atoms with Crippen LogP contribution >= 0.6 is 11.6 Å². The zero-order valence-electron chi connectivity index (χ0n) is 12.1. The van der Waals surface area contributed by atoms with Crippen molar-refractivity contribution in [3.63, 3.8) is 0 Å². The number of nitrogen functional groups attached to an aromatic ring is 1. The average Bonchev–Trinajstić information content (AvgIpc) is 2.74. The molecule has 0 aromatic heterocycles. The number of anilines is 2. The number of likely N-dealkylation sites (tertiary alicyclic amines) is 1. The minimum absolute atomic E-state index is 0.0548. The quantitative estimate of drug-likeness (QED) is 0.821. The molecule has 21 heavy (non-hydrogen) atoms. The lowest BCUT2D eigenvalue weighted by Crippen LogP contribution is -2.34. The van der Waals surface area contributed by atoms with Crippen molar-refractivity contribution in [2.45, 2.75) is 26.2 Å². The van der Waals surface area contributed by atoms with Gasteiger partial charge in [0.05, 0.1) is 17.3 Å². The Morgan fingerprint density at radius 2 is 2.29 bits per heavy atom. The van der Waals surface area contributed by atoms with Crippen molar-refractivity contribution in [2.24, 2.45) is 5.92 Å². The summed E-state index contributed by atoms with van der Waals surface area (Å²) < 4.78 is 0. The summed E-state index contributed by atoms with van der Waals surface area (Å²) in [7, 11) is 0. The smallest absolute Gasteiger partial charge is 0.243 e. The summed E-state index contributed by atoms with van der Waals surface area (Å²) in [6, 6.07) is 4.92. The van der Waals surface area contributed by atoms with Crippen LogP contribution in [0.15, 0.2) is 18.2 Å². The molecule has 1 fully saturated rings. The van der Waals surface area contributed by atoms with Crippen LogP contribution < -0.4 is 11.1 Å². The van der Waals surface area contributed by atoms with E-state index in [-0.39, 0.29) is 18.4 Å². The Hall–Kier alpha value is -1.75. The Kier molecular flexibility index (Phi) is 5.07. The fraction of sp³-hybridized carbons (Fsp3) is 0.467. The highest BCUT2D eigenvalue weighted by Crippen LogP contribution is 2.23. The molecule has 2 amide bonds. The Morgan fingerprint density at radius 3 is 2.95 bits per heavy atom. The first kappa shape index (κ1) is 15.6. The molecule has 1 saturated heterocycles. The second-order valence-electron chi connectivity index (χ2n) is 5.42. The van der Waals surface area contributed by atoms with Crippen LogP contribution in [0, 0.1) is 5.92 Å². The van der Waals surface area contributed by atoms with Gasteiger partial charge >= 0.3 is 0 Å². The van der Waals surface area contributed by atoms with Gasteiger partial charge in [-0.2, -0.15) is 0 Å². The van der Waals surface area contributed by atoms with Gasteiger partial charge in [0.2, 0.25) is 11.8 Å². The van der Waals surface area contributed by atoms with Crippen LogP contribution in [0.5, 0.6) is 0 Å². The van der Waals surface area contributed by atoms with Gasteiger partial charge in [-0.3, -0.25) is 9.59 Å². The topological polar surface area (TPSA) is 75.4 Å². The van der Waals surface area contributed by atoms with E-state index < -0.39 is 0 Å². The van der Waals surface area contributed by atoms with Crippen molar-refractivity contribution in [3.05, 3.63) is 23.2 Å². The zero-order valence-corrected chi connectivity index (χ0v) is 12.8. The van der Waals surface area contributed by atoms with Crippen LogP contribution in [0.4, 0.5) is 11.4 Å². The summed E-state index contributed by atoms with van der Waals surface area (Å²) >= 11 is 5.83. The highest BCUT2D eigenvalue weighted by molar-refractivity contribution is 6.33. The molecular formula is C15H20ClN3O2. The summed E-state index contributed by atoms with van der Waals surface area (Å²) in [6.07, 6.45) is 2.63. The van der Waals surface area contributed by atoms with E-state index in [2.05, 4.69) is 12.2 Å². The molecule has 2 rings (SSSR count). The number of hydrogen-bond acceptors (Lipinski definition) is 3. The maximum atomic E-state index is 12.0. The number of benzene rings is 1. The Morgan fingerprint density at radius 1 is 1.52 bits per heavy atom. The number of rotatable bonds is 5. The third kappa shape index (κ3) is 4.11. The zero-order chi connectivity index (χ0) is 15.4. The van der Waals surface area contributed by atoms with Crippen molar-refractivity contribution in [3.8, 4) is 0 Å². The molecule has 6 heteroatoms. The molecule has 1 heterocycles. The molecule has 1 aromatic rings. The van der Waals surface area contributed by atoms with Crippen LogP contribution in [-0.4, -0.2) is 29.8 Å². The number of amides is 2. The largest absolute Gasteiger partial charge is 0.397 e. The summed E-state index contributed by atoms with van der Waals surface area (Å²) in [6.45, 7) is 2.86. The molecule has 1 aliphatic rings. The standard InChI is InChI=1S/C15H20ClN3O2/c1-2-3-10-6-15(21)19(8-10)9-14(20)18-11-4-5-12(16)13(17)7-11/h4-5,7,10H,2-3,6,8-9,17H2,1H3,(H,18,20).